The molecule has 2 heteroatoms. The third kappa shape index (κ3) is 1.48. The van der Waals surface area contributed by atoms with E-state index >= 15 is 0 Å². The van der Waals surface area contributed by atoms with Crippen LogP contribution in [0.15, 0.2) is 18.2 Å². The van der Waals surface area contributed by atoms with E-state index in [4.69, 9.17) is 0 Å². The van der Waals surface area contributed by atoms with Crippen LogP contribution in [0.1, 0.15) is 45.6 Å². The molecule has 0 aromatic heterocycles. The molecule has 3 unspecified atom stereocenters. The van der Waals surface area contributed by atoms with Gasteiger partial charge in [0.2, 0.25) is 0 Å². The van der Waals surface area contributed by atoms with Crippen LogP contribution in [0.3, 0.4) is 0 Å². The zero-order valence-corrected chi connectivity index (χ0v) is 10.5. The van der Waals surface area contributed by atoms with E-state index < -0.39 is 0 Å². The van der Waals surface area contributed by atoms with Crippen molar-refractivity contribution in [2.45, 2.75) is 45.6 Å². The zero-order chi connectivity index (χ0) is 11.9. The largest absolute Gasteiger partial charge is 0.508 e. The Balaban J connectivity index is 2.52. The van der Waals surface area contributed by atoms with Crippen LogP contribution in [0.2, 0.25) is 0 Å². The SMILES string of the molecule is CCC1(C)Nc2cccc(O)c2C(C)C1C. The van der Waals surface area contributed by atoms with Crippen molar-refractivity contribution in [3.8, 4) is 5.75 Å². The predicted molar refractivity (Wildman–Crippen MR) is 68.0 cm³/mol. The lowest BCUT2D eigenvalue weighted by molar-refractivity contribution is 0.279. The molecule has 0 amide bonds. The van der Waals surface area contributed by atoms with E-state index in [1.165, 1.54) is 0 Å². The van der Waals surface area contributed by atoms with Crippen molar-refractivity contribution in [2.75, 3.05) is 5.32 Å². The second-order valence-corrected chi connectivity index (χ2v) is 5.21. The molecule has 0 fully saturated rings. The minimum absolute atomic E-state index is 0.125. The molecule has 0 radical (unpaired) electrons. The van der Waals surface area contributed by atoms with Gasteiger partial charge in [0.15, 0.2) is 0 Å². The summed E-state index contributed by atoms with van der Waals surface area (Å²) in [6, 6.07) is 5.74. The summed E-state index contributed by atoms with van der Waals surface area (Å²) in [6.45, 7) is 8.94. The predicted octanol–water partition coefficient (Wildman–Crippen LogP) is 3.73. The monoisotopic (exact) mass is 219 g/mol. The fourth-order valence-electron chi connectivity index (χ4n) is 2.77. The van der Waals surface area contributed by atoms with Crippen LogP contribution in [-0.4, -0.2) is 10.6 Å². The standard InChI is InChI=1S/C14H21NO/c1-5-14(4)10(3)9(2)13-11(15-14)7-6-8-12(13)16/h6-10,15-16H,5H2,1-4H3. The number of hydrogen-bond acceptors (Lipinski definition) is 2. The molecule has 1 aromatic rings. The van der Waals surface area contributed by atoms with Gasteiger partial charge in [0.25, 0.3) is 0 Å². The van der Waals surface area contributed by atoms with Crippen molar-refractivity contribution in [3.05, 3.63) is 23.8 Å². The lowest BCUT2D eigenvalue weighted by Gasteiger charge is -2.45. The molecule has 1 aromatic carbocycles. The highest BCUT2D eigenvalue weighted by molar-refractivity contribution is 5.62. The fraction of sp³-hybridized carbons (Fsp3) is 0.571. The number of benzene rings is 1. The molecule has 0 saturated carbocycles. The molecular weight excluding hydrogens is 198 g/mol. The Labute approximate surface area is 97.7 Å². The van der Waals surface area contributed by atoms with E-state index in [2.05, 4.69) is 39.1 Å². The third-order valence-corrected chi connectivity index (χ3v) is 4.45. The maximum absolute atomic E-state index is 9.95. The van der Waals surface area contributed by atoms with Crippen molar-refractivity contribution in [3.63, 3.8) is 0 Å². The first-order valence-electron chi connectivity index (χ1n) is 6.09. The molecule has 2 nitrogen and oxygen atoms in total. The molecule has 2 rings (SSSR count). The van der Waals surface area contributed by atoms with Gasteiger partial charge in [-0.15, -0.1) is 0 Å². The lowest BCUT2D eigenvalue weighted by Crippen LogP contribution is -2.46. The Morgan fingerprint density at radius 2 is 2.06 bits per heavy atom. The molecule has 16 heavy (non-hydrogen) atoms. The van der Waals surface area contributed by atoms with Crippen LogP contribution in [0.5, 0.6) is 5.75 Å². The maximum atomic E-state index is 9.95. The van der Waals surface area contributed by atoms with Crippen LogP contribution >= 0.6 is 0 Å². The summed E-state index contributed by atoms with van der Waals surface area (Å²) in [4.78, 5) is 0. The Morgan fingerprint density at radius 1 is 1.38 bits per heavy atom. The van der Waals surface area contributed by atoms with Crippen molar-refractivity contribution < 1.29 is 5.11 Å². The van der Waals surface area contributed by atoms with Crippen molar-refractivity contribution in [1.82, 2.24) is 0 Å². The number of anilines is 1. The molecule has 88 valence electrons. The van der Waals surface area contributed by atoms with Gasteiger partial charge in [0, 0.05) is 16.8 Å². The lowest BCUT2D eigenvalue weighted by atomic mass is 9.71. The summed E-state index contributed by atoms with van der Waals surface area (Å²) in [5.74, 6) is 1.32. The zero-order valence-electron chi connectivity index (χ0n) is 10.5. The summed E-state index contributed by atoms with van der Waals surface area (Å²) in [5, 5.41) is 13.5. The highest BCUT2D eigenvalue weighted by Crippen LogP contribution is 2.47. The molecule has 1 aliphatic rings. The van der Waals surface area contributed by atoms with Crippen molar-refractivity contribution in [2.24, 2.45) is 5.92 Å². The van der Waals surface area contributed by atoms with Crippen molar-refractivity contribution in [1.29, 1.82) is 0 Å². The molecular formula is C14H21NO. The third-order valence-electron chi connectivity index (χ3n) is 4.45. The normalized spacial score (nSPS) is 33.0. The first kappa shape index (κ1) is 11.3. The smallest absolute Gasteiger partial charge is 0.121 e. The first-order valence-corrected chi connectivity index (χ1v) is 6.09. The molecule has 0 bridgehead atoms. The molecule has 0 aliphatic carbocycles. The minimum Gasteiger partial charge on any atom is -0.508 e. The average Bonchev–Trinajstić information content (AvgIpc) is 2.26. The molecule has 2 N–H and O–H groups in total. The van der Waals surface area contributed by atoms with E-state index in [0.717, 1.165) is 17.7 Å². The van der Waals surface area contributed by atoms with E-state index in [0.29, 0.717) is 17.6 Å². The highest BCUT2D eigenvalue weighted by atomic mass is 16.3. The van der Waals surface area contributed by atoms with Crippen LogP contribution in [0, 0.1) is 5.92 Å². The van der Waals surface area contributed by atoms with Gasteiger partial charge < -0.3 is 10.4 Å². The van der Waals surface area contributed by atoms with E-state index in [1.807, 2.05) is 6.07 Å². The Bertz CT molecular complexity index is 402. The molecule has 3 atom stereocenters. The Kier molecular flexibility index (Phi) is 2.61. The first-order chi connectivity index (χ1) is 7.49. The van der Waals surface area contributed by atoms with Gasteiger partial charge in [-0.3, -0.25) is 0 Å². The summed E-state index contributed by atoms with van der Waals surface area (Å²) in [5.41, 5.74) is 2.29. The summed E-state index contributed by atoms with van der Waals surface area (Å²) in [7, 11) is 0. The Morgan fingerprint density at radius 3 is 2.69 bits per heavy atom. The Hall–Kier alpha value is -1.18. The van der Waals surface area contributed by atoms with Gasteiger partial charge in [-0.25, -0.2) is 0 Å². The maximum Gasteiger partial charge on any atom is 0.121 e. The fourth-order valence-corrected chi connectivity index (χ4v) is 2.77. The minimum atomic E-state index is 0.125. The van der Waals surface area contributed by atoms with E-state index in [-0.39, 0.29) is 5.54 Å². The van der Waals surface area contributed by atoms with Crippen LogP contribution in [0.25, 0.3) is 0 Å². The molecule has 0 saturated heterocycles. The second kappa shape index (κ2) is 3.69. The van der Waals surface area contributed by atoms with E-state index in [9.17, 15) is 5.11 Å². The summed E-state index contributed by atoms with van der Waals surface area (Å²) in [6.07, 6.45) is 1.09. The molecule has 1 heterocycles. The number of aromatic hydroxyl groups is 1. The van der Waals surface area contributed by atoms with Crippen LogP contribution < -0.4 is 5.32 Å². The van der Waals surface area contributed by atoms with Gasteiger partial charge in [0.1, 0.15) is 5.75 Å². The number of phenols is 1. The van der Waals surface area contributed by atoms with Gasteiger partial charge in [-0.05, 0) is 37.3 Å². The number of rotatable bonds is 1. The van der Waals surface area contributed by atoms with E-state index in [1.54, 1.807) is 6.07 Å². The van der Waals surface area contributed by atoms with Gasteiger partial charge in [0.05, 0.1) is 0 Å². The number of nitrogens with one attached hydrogen (secondary N) is 1. The quantitative estimate of drug-likeness (QED) is 0.754. The van der Waals surface area contributed by atoms with Gasteiger partial charge in [-0.2, -0.15) is 0 Å². The second-order valence-electron chi connectivity index (χ2n) is 5.21. The van der Waals surface area contributed by atoms with Crippen LogP contribution in [-0.2, 0) is 0 Å². The van der Waals surface area contributed by atoms with Gasteiger partial charge >= 0.3 is 0 Å². The number of fused-ring (bicyclic) bond motifs is 1. The van der Waals surface area contributed by atoms with Crippen LogP contribution in [0.4, 0.5) is 5.69 Å². The summed E-state index contributed by atoms with van der Waals surface area (Å²) >= 11 is 0. The number of phenolic OH excluding ortho intramolecular Hbond substituents is 1. The van der Waals surface area contributed by atoms with Gasteiger partial charge in [-0.1, -0.05) is 26.8 Å². The van der Waals surface area contributed by atoms with Crippen molar-refractivity contribution >= 4 is 5.69 Å². The summed E-state index contributed by atoms with van der Waals surface area (Å²) < 4.78 is 0. The average molecular weight is 219 g/mol. The number of hydrogen-bond donors (Lipinski definition) is 2. The molecule has 0 spiro atoms. The highest BCUT2D eigenvalue weighted by Gasteiger charge is 2.39. The molecule has 1 aliphatic heterocycles. The topological polar surface area (TPSA) is 32.3 Å².